The van der Waals surface area contributed by atoms with E-state index >= 15 is 0 Å². The summed E-state index contributed by atoms with van der Waals surface area (Å²) >= 11 is 0. The van der Waals surface area contributed by atoms with E-state index in [1.54, 1.807) is 13.2 Å². The predicted molar refractivity (Wildman–Crippen MR) is 143 cm³/mol. The molecule has 1 aliphatic carbocycles. The lowest BCUT2D eigenvalue weighted by Gasteiger charge is -2.23. The maximum absolute atomic E-state index is 9.19. The Morgan fingerprint density at radius 3 is 2.32 bits per heavy atom. The van der Waals surface area contributed by atoms with Crippen LogP contribution in [-0.2, 0) is 25.8 Å². The zero-order valence-corrected chi connectivity index (χ0v) is 21.0. The van der Waals surface area contributed by atoms with Crippen LogP contribution in [0.1, 0.15) is 48.9 Å². The highest BCUT2D eigenvalue weighted by atomic mass is 16.5. The molecule has 0 amide bonds. The monoisotopic (exact) mass is 460 g/mol. The molecule has 1 aliphatic rings. The first-order valence-corrected chi connectivity index (χ1v) is 12.6. The highest BCUT2D eigenvalue weighted by Gasteiger charge is 2.09. The van der Waals surface area contributed by atoms with Crippen molar-refractivity contribution >= 4 is 5.69 Å². The van der Waals surface area contributed by atoms with Crippen molar-refractivity contribution in [1.29, 1.82) is 0 Å². The minimum Gasteiger partial charge on any atom is -0.508 e. The van der Waals surface area contributed by atoms with Gasteiger partial charge < -0.3 is 20.1 Å². The number of phenols is 1. The number of aromatic hydroxyl groups is 1. The number of nitrogens with one attached hydrogen (secondary N) is 1. The first-order valence-electron chi connectivity index (χ1n) is 12.6. The fourth-order valence-electron chi connectivity index (χ4n) is 4.35. The number of fused-ring (bicyclic) bond motifs is 1. The molecule has 0 bridgehead atoms. The van der Waals surface area contributed by atoms with Crippen molar-refractivity contribution < 1.29 is 9.84 Å². The smallest absolute Gasteiger partial charge is 0.120 e. The molecular formula is C30H40N2O2. The van der Waals surface area contributed by atoms with Crippen LogP contribution in [0.3, 0.4) is 0 Å². The van der Waals surface area contributed by atoms with Crippen LogP contribution in [0.25, 0.3) is 0 Å². The van der Waals surface area contributed by atoms with Gasteiger partial charge in [0.2, 0.25) is 0 Å². The van der Waals surface area contributed by atoms with Gasteiger partial charge in [0.05, 0.1) is 7.11 Å². The van der Waals surface area contributed by atoms with Crippen molar-refractivity contribution in [3.05, 3.63) is 89.0 Å². The summed E-state index contributed by atoms with van der Waals surface area (Å²) in [6, 6.07) is 22.9. The molecule has 4 heteroatoms. The summed E-state index contributed by atoms with van der Waals surface area (Å²) in [4.78, 5) is 2.36. The van der Waals surface area contributed by atoms with E-state index in [-0.39, 0.29) is 0 Å². The van der Waals surface area contributed by atoms with Crippen molar-refractivity contribution in [2.75, 3.05) is 31.6 Å². The number of rotatable bonds is 9. The molecule has 0 heterocycles. The SMILES string of the molecule is CCNCCc1ccc(CN(CC)c2cccc(OC)c2)cc1.Oc1ccc2c(c1)CCCC2. The maximum atomic E-state index is 9.19. The fourth-order valence-corrected chi connectivity index (χ4v) is 4.35. The Morgan fingerprint density at radius 1 is 0.882 bits per heavy atom. The standard InChI is InChI=1S/C20H28N2O.C10H12O/c1-4-21-14-13-17-9-11-18(12-10-17)16-22(5-2)19-7-6-8-20(15-19)23-3;11-10-6-5-8-3-1-2-4-9(8)7-10/h6-12,15,21H,4-5,13-14,16H2,1-3H3;5-7,11H,1-4H2. The molecule has 0 saturated heterocycles. The molecule has 3 aromatic carbocycles. The lowest BCUT2D eigenvalue weighted by atomic mass is 9.92. The first-order chi connectivity index (χ1) is 16.6. The van der Waals surface area contributed by atoms with Gasteiger partial charge in [-0.2, -0.15) is 0 Å². The number of phenolic OH excluding ortho intramolecular Hbond substituents is 1. The first kappa shape index (κ1) is 25.6. The van der Waals surface area contributed by atoms with Crippen LogP contribution in [0.2, 0.25) is 0 Å². The summed E-state index contributed by atoms with van der Waals surface area (Å²) in [5.41, 5.74) is 6.69. The highest BCUT2D eigenvalue weighted by molar-refractivity contribution is 5.51. The summed E-state index contributed by atoms with van der Waals surface area (Å²) in [5, 5.41) is 12.6. The fraction of sp³-hybridized carbons (Fsp3) is 0.400. The van der Waals surface area contributed by atoms with Crippen LogP contribution in [0, 0.1) is 0 Å². The number of ether oxygens (including phenoxy) is 1. The summed E-state index contributed by atoms with van der Waals surface area (Å²) in [5.74, 6) is 1.31. The van der Waals surface area contributed by atoms with Crippen LogP contribution in [-0.4, -0.2) is 31.9 Å². The average molecular weight is 461 g/mol. The second kappa shape index (κ2) is 13.7. The summed E-state index contributed by atoms with van der Waals surface area (Å²) in [6.45, 7) is 8.28. The van der Waals surface area contributed by atoms with E-state index in [2.05, 4.69) is 60.5 Å². The molecule has 0 radical (unpaired) electrons. The third-order valence-corrected chi connectivity index (χ3v) is 6.37. The third-order valence-electron chi connectivity index (χ3n) is 6.37. The van der Waals surface area contributed by atoms with Crippen LogP contribution in [0.4, 0.5) is 5.69 Å². The van der Waals surface area contributed by atoms with Gasteiger partial charge in [0.1, 0.15) is 11.5 Å². The van der Waals surface area contributed by atoms with Crippen LogP contribution in [0.15, 0.2) is 66.7 Å². The van der Waals surface area contributed by atoms with Gasteiger partial charge in [-0.15, -0.1) is 0 Å². The largest absolute Gasteiger partial charge is 0.508 e. The summed E-state index contributed by atoms with van der Waals surface area (Å²) in [6.07, 6.45) is 6.00. The highest BCUT2D eigenvalue weighted by Crippen LogP contribution is 2.24. The molecule has 0 atom stereocenters. The van der Waals surface area contributed by atoms with E-state index in [0.29, 0.717) is 5.75 Å². The molecule has 182 valence electrons. The van der Waals surface area contributed by atoms with Gasteiger partial charge in [-0.25, -0.2) is 0 Å². The Hall–Kier alpha value is -2.98. The van der Waals surface area contributed by atoms with Crippen molar-refractivity contribution in [2.45, 2.75) is 52.5 Å². The van der Waals surface area contributed by atoms with Crippen molar-refractivity contribution in [2.24, 2.45) is 0 Å². The number of methoxy groups -OCH3 is 1. The average Bonchev–Trinajstić information content (AvgIpc) is 2.88. The maximum Gasteiger partial charge on any atom is 0.120 e. The van der Waals surface area contributed by atoms with E-state index < -0.39 is 0 Å². The normalized spacial score (nSPS) is 12.3. The van der Waals surface area contributed by atoms with E-state index in [1.807, 2.05) is 24.3 Å². The van der Waals surface area contributed by atoms with Crippen molar-refractivity contribution in [3.63, 3.8) is 0 Å². The number of hydrogen-bond donors (Lipinski definition) is 2. The zero-order valence-electron chi connectivity index (χ0n) is 21.0. The summed E-state index contributed by atoms with van der Waals surface area (Å²) < 4.78 is 5.33. The minimum atomic E-state index is 0.408. The van der Waals surface area contributed by atoms with Crippen LogP contribution < -0.4 is 15.0 Å². The number of likely N-dealkylation sites (N-methyl/N-ethyl adjacent to an activating group) is 1. The van der Waals surface area contributed by atoms with Gasteiger partial charge in [0.25, 0.3) is 0 Å². The van der Waals surface area contributed by atoms with Crippen molar-refractivity contribution in [1.82, 2.24) is 5.32 Å². The van der Waals surface area contributed by atoms with Gasteiger partial charge in [-0.05, 0) is 98.6 Å². The van der Waals surface area contributed by atoms with E-state index in [4.69, 9.17) is 4.74 Å². The molecule has 0 saturated carbocycles. The predicted octanol–water partition coefficient (Wildman–Crippen LogP) is 6.14. The molecule has 0 aliphatic heterocycles. The molecule has 0 fully saturated rings. The van der Waals surface area contributed by atoms with Gasteiger partial charge in [-0.1, -0.05) is 43.3 Å². The third kappa shape index (κ3) is 7.81. The number of nitrogens with zero attached hydrogens (tertiary/aromatic N) is 1. The second-order valence-corrected chi connectivity index (χ2v) is 8.80. The van der Waals surface area contributed by atoms with Crippen LogP contribution in [0.5, 0.6) is 11.5 Å². The molecule has 3 aromatic rings. The van der Waals surface area contributed by atoms with Crippen LogP contribution >= 0.6 is 0 Å². The number of aryl methyl sites for hydroxylation is 2. The molecule has 2 N–H and O–H groups in total. The van der Waals surface area contributed by atoms with Crippen molar-refractivity contribution in [3.8, 4) is 11.5 Å². The molecular weight excluding hydrogens is 420 g/mol. The Labute approximate surface area is 205 Å². The number of hydrogen-bond acceptors (Lipinski definition) is 4. The molecule has 0 unspecified atom stereocenters. The van der Waals surface area contributed by atoms with Gasteiger partial charge >= 0.3 is 0 Å². The minimum absolute atomic E-state index is 0.408. The van der Waals surface area contributed by atoms with E-state index in [1.165, 1.54) is 47.2 Å². The Morgan fingerprint density at radius 2 is 1.62 bits per heavy atom. The molecule has 4 rings (SSSR count). The Bertz CT molecular complexity index is 1000. The Balaban J connectivity index is 0.000000243. The zero-order chi connectivity index (χ0) is 24.2. The molecule has 34 heavy (non-hydrogen) atoms. The molecule has 0 spiro atoms. The quantitative estimate of drug-likeness (QED) is 0.376. The van der Waals surface area contributed by atoms with Gasteiger partial charge in [0.15, 0.2) is 0 Å². The Kier molecular flexibility index (Phi) is 10.3. The van der Waals surface area contributed by atoms with E-state index in [0.717, 1.165) is 44.8 Å². The molecule has 0 aromatic heterocycles. The van der Waals surface area contributed by atoms with E-state index in [9.17, 15) is 5.11 Å². The lowest BCUT2D eigenvalue weighted by Crippen LogP contribution is -2.22. The molecule has 4 nitrogen and oxygen atoms in total. The topological polar surface area (TPSA) is 44.7 Å². The number of anilines is 1. The lowest BCUT2D eigenvalue weighted by molar-refractivity contribution is 0.415. The summed E-state index contributed by atoms with van der Waals surface area (Å²) in [7, 11) is 1.71. The van der Waals surface area contributed by atoms with Gasteiger partial charge in [-0.3, -0.25) is 0 Å². The number of benzene rings is 3. The van der Waals surface area contributed by atoms with Gasteiger partial charge in [0, 0.05) is 24.8 Å². The second-order valence-electron chi connectivity index (χ2n) is 8.80.